The Morgan fingerprint density at radius 3 is 2.48 bits per heavy atom. The van der Waals surface area contributed by atoms with E-state index in [4.69, 9.17) is 18.9 Å². The summed E-state index contributed by atoms with van der Waals surface area (Å²) in [5, 5.41) is 2.65. The van der Waals surface area contributed by atoms with Gasteiger partial charge in [0, 0.05) is 6.08 Å². The molecule has 0 aliphatic carbocycles. The lowest BCUT2D eigenvalue weighted by atomic mass is 10.2. The molecule has 1 saturated heterocycles. The molecule has 0 bridgehead atoms. The maximum absolute atomic E-state index is 11.7. The summed E-state index contributed by atoms with van der Waals surface area (Å²) in [4.78, 5) is 23.1. The van der Waals surface area contributed by atoms with Crippen LogP contribution in [0.4, 0.5) is 4.79 Å². The summed E-state index contributed by atoms with van der Waals surface area (Å²) >= 11 is 0. The third-order valence-corrected chi connectivity index (χ3v) is 2.78. The van der Waals surface area contributed by atoms with Gasteiger partial charge < -0.3 is 24.3 Å². The average Bonchev–Trinajstić information content (AvgIpc) is 2.67. The summed E-state index contributed by atoms with van der Waals surface area (Å²) in [6, 6.07) is 0. The van der Waals surface area contributed by atoms with Crippen molar-refractivity contribution in [3.8, 4) is 0 Å². The van der Waals surface area contributed by atoms with Crippen LogP contribution in [-0.4, -0.2) is 48.8 Å². The Morgan fingerprint density at radius 1 is 1.26 bits per heavy atom. The van der Waals surface area contributed by atoms with Crippen molar-refractivity contribution in [1.82, 2.24) is 5.32 Å². The summed E-state index contributed by atoms with van der Waals surface area (Å²) in [6.07, 6.45) is 1.46. The van der Waals surface area contributed by atoms with Crippen LogP contribution in [0.25, 0.3) is 0 Å². The summed E-state index contributed by atoms with van der Waals surface area (Å²) in [6.45, 7) is 11.1. The molecule has 7 heteroatoms. The highest BCUT2D eigenvalue weighted by Gasteiger charge is 2.40. The van der Waals surface area contributed by atoms with Crippen LogP contribution in [0, 0.1) is 0 Å². The minimum absolute atomic E-state index is 0.205. The summed E-state index contributed by atoms with van der Waals surface area (Å²) in [5.41, 5.74) is -0.570. The van der Waals surface area contributed by atoms with E-state index in [9.17, 15) is 9.59 Å². The van der Waals surface area contributed by atoms with Gasteiger partial charge >= 0.3 is 12.1 Å². The second-order valence-electron chi connectivity index (χ2n) is 6.63. The fraction of sp³-hybridized carbons (Fsp3) is 0.750. The molecule has 1 aliphatic heterocycles. The van der Waals surface area contributed by atoms with Gasteiger partial charge in [-0.25, -0.2) is 9.59 Å². The molecule has 1 fully saturated rings. The summed E-state index contributed by atoms with van der Waals surface area (Å²) < 4.78 is 21.5. The number of esters is 1. The normalized spacial score (nSPS) is 23.7. The number of hydrogen-bond donors (Lipinski definition) is 1. The third-order valence-electron chi connectivity index (χ3n) is 2.78. The Bertz CT molecular complexity index is 452. The molecule has 1 amide bonds. The monoisotopic (exact) mass is 329 g/mol. The first-order valence-electron chi connectivity index (χ1n) is 7.70. The standard InChI is InChI=1S/C16H27NO6/c1-7-20-13(18)9-8-11-12(22-16(5,6)21-11)10-17-14(19)23-15(2,3)4/h8-9,11-12H,7,10H2,1-6H3,(H,17,19)/b9-8+/t11-,12+/m1/s1. The number of carbonyl (C=O) groups is 2. The van der Waals surface area contributed by atoms with Gasteiger partial charge in [-0.15, -0.1) is 0 Å². The predicted molar refractivity (Wildman–Crippen MR) is 83.8 cm³/mol. The van der Waals surface area contributed by atoms with Gasteiger partial charge in [0.2, 0.25) is 0 Å². The van der Waals surface area contributed by atoms with Crippen molar-refractivity contribution in [2.75, 3.05) is 13.2 Å². The van der Waals surface area contributed by atoms with E-state index in [2.05, 4.69) is 5.32 Å². The van der Waals surface area contributed by atoms with Crippen LogP contribution in [-0.2, 0) is 23.7 Å². The van der Waals surface area contributed by atoms with Crippen molar-refractivity contribution >= 4 is 12.1 Å². The maximum Gasteiger partial charge on any atom is 0.407 e. The molecule has 1 aliphatic rings. The van der Waals surface area contributed by atoms with E-state index in [-0.39, 0.29) is 6.54 Å². The number of hydrogen-bond acceptors (Lipinski definition) is 6. The van der Waals surface area contributed by atoms with Gasteiger partial charge in [0.15, 0.2) is 5.79 Å². The fourth-order valence-electron chi connectivity index (χ4n) is 2.05. The Labute approximate surface area is 137 Å². The lowest BCUT2D eigenvalue weighted by Crippen LogP contribution is -2.40. The molecule has 0 unspecified atom stereocenters. The van der Waals surface area contributed by atoms with Crippen LogP contribution in [0.3, 0.4) is 0 Å². The number of amides is 1. The number of nitrogens with one attached hydrogen (secondary N) is 1. The number of ether oxygens (including phenoxy) is 4. The fourth-order valence-corrected chi connectivity index (χ4v) is 2.05. The molecule has 1 heterocycles. The first kappa shape index (κ1) is 19.4. The van der Waals surface area contributed by atoms with Crippen molar-refractivity contribution in [1.29, 1.82) is 0 Å². The smallest absolute Gasteiger partial charge is 0.407 e. The van der Waals surface area contributed by atoms with Crippen molar-refractivity contribution in [3.05, 3.63) is 12.2 Å². The first-order chi connectivity index (χ1) is 10.5. The average molecular weight is 329 g/mol. The molecule has 0 radical (unpaired) electrons. The highest BCUT2D eigenvalue weighted by molar-refractivity contribution is 5.82. The Hall–Kier alpha value is -1.60. The van der Waals surface area contributed by atoms with E-state index in [1.54, 1.807) is 47.6 Å². The molecular formula is C16H27NO6. The summed E-state index contributed by atoms with van der Waals surface area (Å²) in [5.74, 6) is -1.25. The first-order valence-corrected chi connectivity index (χ1v) is 7.70. The molecule has 7 nitrogen and oxygen atoms in total. The van der Waals surface area contributed by atoms with Gasteiger partial charge in [-0.1, -0.05) is 0 Å². The van der Waals surface area contributed by atoms with Crippen molar-refractivity contribution in [3.63, 3.8) is 0 Å². The van der Waals surface area contributed by atoms with Gasteiger partial charge in [0.1, 0.15) is 17.8 Å². The zero-order chi connectivity index (χ0) is 17.7. The number of rotatable bonds is 5. The van der Waals surface area contributed by atoms with Gasteiger partial charge in [-0.2, -0.15) is 0 Å². The molecule has 1 N–H and O–H groups in total. The molecule has 0 aromatic carbocycles. The van der Waals surface area contributed by atoms with Crippen molar-refractivity contribution < 1.29 is 28.5 Å². The molecule has 1 rings (SSSR count). The number of carbonyl (C=O) groups excluding carboxylic acids is 2. The molecular weight excluding hydrogens is 302 g/mol. The quantitative estimate of drug-likeness (QED) is 0.615. The minimum Gasteiger partial charge on any atom is -0.463 e. The second-order valence-corrected chi connectivity index (χ2v) is 6.63. The van der Waals surface area contributed by atoms with Crippen molar-refractivity contribution in [2.24, 2.45) is 0 Å². The van der Waals surface area contributed by atoms with Crippen LogP contribution in [0.2, 0.25) is 0 Å². The van der Waals surface area contributed by atoms with Crippen molar-refractivity contribution in [2.45, 2.75) is 65.1 Å². The Balaban J connectivity index is 2.59. The Kier molecular flexibility index (Phi) is 6.58. The summed E-state index contributed by atoms with van der Waals surface area (Å²) in [7, 11) is 0. The van der Waals surface area contributed by atoms with E-state index in [0.29, 0.717) is 6.61 Å². The van der Waals surface area contributed by atoms with Crippen LogP contribution in [0.5, 0.6) is 0 Å². The second kappa shape index (κ2) is 7.79. The van der Waals surface area contributed by atoms with E-state index in [1.807, 2.05) is 0 Å². The van der Waals surface area contributed by atoms with Crippen LogP contribution >= 0.6 is 0 Å². The third kappa shape index (κ3) is 7.47. The lowest BCUT2D eigenvalue weighted by Gasteiger charge is -2.21. The van der Waals surface area contributed by atoms with Gasteiger partial charge in [0.05, 0.1) is 13.2 Å². The van der Waals surface area contributed by atoms with E-state index >= 15 is 0 Å². The Morgan fingerprint density at radius 2 is 1.91 bits per heavy atom. The van der Waals surface area contributed by atoms with E-state index in [1.165, 1.54) is 6.08 Å². The van der Waals surface area contributed by atoms with E-state index < -0.39 is 35.7 Å². The zero-order valence-corrected chi connectivity index (χ0v) is 14.7. The lowest BCUT2D eigenvalue weighted by molar-refractivity contribution is -0.143. The molecule has 0 spiro atoms. The van der Waals surface area contributed by atoms with Crippen LogP contribution in [0.15, 0.2) is 12.2 Å². The zero-order valence-electron chi connectivity index (χ0n) is 14.7. The van der Waals surface area contributed by atoms with Gasteiger partial charge in [-0.3, -0.25) is 0 Å². The predicted octanol–water partition coefficient (Wildman–Crippen LogP) is 2.15. The maximum atomic E-state index is 11.7. The molecule has 0 saturated carbocycles. The molecule has 0 aromatic rings. The number of alkyl carbamates (subject to hydrolysis) is 1. The van der Waals surface area contributed by atoms with Crippen LogP contribution < -0.4 is 5.32 Å². The molecule has 0 aromatic heterocycles. The highest BCUT2D eigenvalue weighted by Crippen LogP contribution is 2.28. The van der Waals surface area contributed by atoms with Gasteiger partial charge in [0.25, 0.3) is 0 Å². The van der Waals surface area contributed by atoms with Crippen LogP contribution in [0.1, 0.15) is 41.5 Å². The SMILES string of the molecule is CCOC(=O)/C=C/[C@H]1OC(C)(C)O[C@H]1CNC(=O)OC(C)(C)C. The molecule has 132 valence electrons. The van der Waals surface area contributed by atoms with E-state index in [0.717, 1.165) is 0 Å². The molecule has 23 heavy (non-hydrogen) atoms. The topological polar surface area (TPSA) is 83.1 Å². The highest BCUT2D eigenvalue weighted by atomic mass is 16.8. The van der Waals surface area contributed by atoms with Gasteiger partial charge in [-0.05, 0) is 47.6 Å². The largest absolute Gasteiger partial charge is 0.463 e. The molecule has 2 atom stereocenters. The minimum atomic E-state index is -0.802.